The summed E-state index contributed by atoms with van der Waals surface area (Å²) in [5.74, 6) is 0.357. The van der Waals surface area contributed by atoms with Gasteiger partial charge in [0.05, 0.1) is 24.4 Å². The highest BCUT2D eigenvalue weighted by Gasteiger charge is 2.13. The Morgan fingerprint density at radius 2 is 1.88 bits per heavy atom. The molecule has 0 radical (unpaired) electrons. The lowest BCUT2D eigenvalue weighted by Crippen LogP contribution is -2.24. The monoisotopic (exact) mass is 368 g/mol. The van der Waals surface area contributed by atoms with E-state index in [4.69, 9.17) is 4.74 Å². The van der Waals surface area contributed by atoms with Gasteiger partial charge in [0.25, 0.3) is 5.56 Å². The number of para-hydroxylation sites is 1. The number of carbonyl (C=O) groups excluding carboxylic acids is 1. The Labute approximate surface area is 156 Å². The second-order valence-corrected chi connectivity index (χ2v) is 6.85. The average molecular weight is 368 g/mol. The van der Waals surface area contributed by atoms with Crippen molar-refractivity contribution in [2.24, 2.45) is 0 Å². The highest BCUT2D eigenvalue weighted by molar-refractivity contribution is 7.98. The lowest BCUT2D eigenvalue weighted by molar-refractivity contribution is -0.140. The van der Waals surface area contributed by atoms with Gasteiger partial charge in [-0.3, -0.25) is 14.2 Å². The predicted molar refractivity (Wildman–Crippen MR) is 103 cm³/mol. The van der Waals surface area contributed by atoms with E-state index in [0.29, 0.717) is 21.8 Å². The van der Waals surface area contributed by atoms with Gasteiger partial charge < -0.3 is 4.74 Å². The molecule has 0 aliphatic rings. The first-order valence-corrected chi connectivity index (χ1v) is 9.32. The van der Waals surface area contributed by atoms with Crippen molar-refractivity contribution in [2.75, 3.05) is 7.11 Å². The van der Waals surface area contributed by atoms with Crippen molar-refractivity contribution in [3.63, 3.8) is 0 Å². The molecule has 1 heterocycles. The summed E-state index contributed by atoms with van der Waals surface area (Å²) in [6, 6.07) is 15.4. The number of esters is 1. The first-order chi connectivity index (χ1) is 12.6. The molecule has 134 valence electrons. The van der Waals surface area contributed by atoms with E-state index in [9.17, 15) is 9.59 Å². The van der Waals surface area contributed by atoms with Gasteiger partial charge in [-0.25, -0.2) is 4.98 Å². The second kappa shape index (κ2) is 8.19. The third-order valence-electron chi connectivity index (χ3n) is 4.21. The maximum atomic E-state index is 12.9. The van der Waals surface area contributed by atoms with Crippen LogP contribution in [0.15, 0.2) is 58.5 Å². The third-order valence-corrected chi connectivity index (χ3v) is 5.24. The number of thioether (sulfide) groups is 1. The fourth-order valence-electron chi connectivity index (χ4n) is 2.67. The molecule has 0 N–H and O–H groups in total. The normalized spacial score (nSPS) is 10.8. The first kappa shape index (κ1) is 18.2. The molecule has 0 bridgehead atoms. The molecule has 2 aromatic carbocycles. The molecule has 0 spiro atoms. The molecule has 0 aliphatic carbocycles. The van der Waals surface area contributed by atoms with E-state index in [1.165, 1.54) is 30.0 Å². The van der Waals surface area contributed by atoms with Crippen LogP contribution in [0.25, 0.3) is 10.9 Å². The molecule has 26 heavy (non-hydrogen) atoms. The Kier molecular flexibility index (Phi) is 5.73. The van der Waals surface area contributed by atoms with Crippen molar-refractivity contribution in [1.82, 2.24) is 9.55 Å². The summed E-state index contributed by atoms with van der Waals surface area (Å²) >= 11 is 1.50. The summed E-state index contributed by atoms with van der Waals surface area (Å²) in [7, 11) is 1.34. The van der Waals surface area contributed by atoms with Crippen molar-refractivity contribution in [2.45, 2.75) is 30.8 Å². The highest BCUT2D eigenvalue weighted by Crippen LogP contribution is 2.24. The highest BCUT2D eigenvalue weighted by atomic mass is 32.2. The van der Waals surface area contributed by atoms with Crippen molar-refractivity contribution < 1.29 is 9.53 Å². The third kappa shape index (κ3) is 3.96. The van der Waals surface area contributed by atoms with Crippen molar-refractivity contribution in [3.05, 3.63) is 70.0 Å². The number of benzene rings is 2. The molecule has 3 rings (SSSR count). The van der Waals surface area contributed by atoms with Gasteiger partial charge in [0.15, 0.2) is 5.16 Å². The summed E-state index contributed by atoms with van der Waals surface area (Å²) in [4.78, 5) is 29.1. The van der Waals surface area contributed by atoms with Crippen molar-refractivity contribution in [1.29, 1.82) is 0 Å². The van der Waals surface area contributed by atoms with Crippen LogP contribution in [-0.4, -0.2) is 22.6 Å². The Hall–Kier alpha value is -2.60. The minimum Gasteiger partial charge on any atom is -0.469 e. The Morgan fingerprint density at radius 3 is 2.65 bits per heavy atom. The number of carbonyl (C=O) groups is 1. The number of fused-ring (bicyclic) bond motifs is 1. The molecule has 5 nitrogen and oxygen atoms in total. The standard InChI is InChI=1S/C20H20N2O3S/c1-14-7-3-4-8-15(14)13-26-20-21-17-10-6-5-9-16(17)19(24)22(20)12-11-18(23)25-2/h3-10H,11-13H2,1-2H3. The Morgan fingerprint density at radius 1 is 1.15 bits per heavy atom. The zero-order valence-corrected chi connectivity index (χ0v) is 15.6. The van der Waals surface area contributed by atoms with E-state index >= 15 is 0 Å². The van der Waals surface area contributed by atoms with Crippen LogP contribution in [0.4, 0.5) is 0 Å². The van der Waals surface area contributed by atoms with E-state index < -0.39 is 0 Å². The van der Waals surface area contributed by atoms with Crippen LogP contribution in [0.5, 0.6) is 0 Å². The average Bonchev–Trinajstić information content (AvgIpc) is 2.66. The maximum Gasteiger partial charge on any atom is 0.307 e. The Bertz CT molecular complexity index is 998. The fraction of sp³-hybridized carbons (Fsp3) is 0.250. The number of hydrogen-bond acceptors (Lipinski definition) is 5. The van der Waals surface area contributed by atoms with Crippen molar-refractivity contribution in [3.8, 4) is 0 Å². The first-order valence-electron chi connectivity index (χ1n) is 8.34. The summed E-state index contributed by atoms with van der Waals surface area (Å²) in [6.45, 7) is 2.31. The molecule has 0 unspecified atom stereocenters. The summed E-state index contributed by atoms with van der Waals surface area (Å²) < 4.78 is 6.27. The lowest BCUT2D eigenvalue weighted by atomic mass is 10.1. The van der Waals surface area contributed by atoms with Crippen molar-refractivity contribution >= 4 is 28.6 Å². The van der Waals surface area contributed by atoms with Gasteiger partial charge >= 0.3 is 5.97 Å². The minimum absolute atomic E-state index is 0.133. The number of rotatable bonds is 6. The zero-order chi connectivity index (χ0) is 18.5. The maximum absolute atomic E-state index is 12.9. The molecule has 3 aromatic rings. The molecule has 1 aromatic heterocycles. The van der Waals surface area contributed by atoms with Gasteiger partial charge in [-0.15, -0.1) is 0 Å². The van der Waals surface area contributed by atoms with Crippen LogP contribution in [0.2, 0.25) is 0 Å². The van der Waals surface area contributed by atoms with Gasteiger partial charge in [0.2, 0.25) is 0 Å². The topological polar surface area (TPSA) is 61.2 Å². The Balaban J connectivity index is 1.97. The van der Waals surface area contributed by atoms with Crippen LogP contribution in [0.3, 0.4) is 0 Å². The molecular weight excluding hydrogens is 348 g/mol. The van der Waals surface area contributed by atoms with Crippen LogP contribution >= 0.6 is 11.8 Å². The largest absolute Gasteiger partial charge is 0.469 e. The molecule has 0 fully saturated rings. The van der Waals surface area contributed by atoms with Gasteiger partial charge in [-0.2, -0.15) is 0 Å². The fourth-order valence-corrected chi connectivity index (χ4v) is 3.78. The molecule has 0 saturated carbocycles. The molecular formula is C20H20N2O3S. The van der Waals surface area contributed by atoms with E-state index in [2.05, 4.69) is 24.0 Å². The summed E-state index contributed by atoms with van der Waals surface area (Å²) in [5.41, 5.74) is 2.93. The van der Waals surface area contributed by atoms with Crippen LogP contribution < -0.4 is 5.56 Å². The zero-order valence-electron chi connectivity index (χ0n) is 14.8. The number of aromatic nitrogens is 2. The van der Waals surface area contributed by atoms with E-state index in [-0.39, 0.29) is 24.5 Å². The summed E-state index contributed by atoms with van der Waals surface area (Å²) in [5, 5.41) is 1.17. The molecule has 0 amide bonds. The van der Waals surface area contributed by atoms with Crippen LogP contribution in [0, 0.1) is 6.92 Å². The van der Waals surface area contributed by atoms with E-state index in [1.54, 1.807) is 10.6 Å². The van der Waals surface area contributed by atoms with Gasteiger partial charge in [0.1, 0.15) is 0 Å². The minimum atomic E-state index is -0.347. The van der Waals surface area contributed by atoms with Gasteiger partial charge in [0, 0.05) is 12.3 Å². The summed E-state index contributed by atoms with van der Waals surface area (Å²) in [6.07, 6.45) is 0.133. The molecule has 6 heteroatoms. The number of ether oxygens (including phenoxy) is 1. The van der Waals surface area contributed by atoms with Crippen LogP contribution in [-0.2, 0) is 21.8 Å². The van der Waals surface area contributed by atoms with E-state index in [0.717, 1.165) is 0 Å². The van der Waals surface area contributed by atoms with Crippen LogP contribution in [0.1, 0.15) is 17.5 Å². The van der Waals surface area contributed by atoms with Gasteiger partial charge in [-0.05, 0) is 30.2 Å². The smallest absolute Gasteiger partial charge is 0.307 e. The number of nitrogens with zero attached hydrogens (tertiary/aromatic N) is 2. The SMILES string of the molecule is COC(=O)CCn1c(SCc2ccccc2C)nc2ccccc2c1=O. The molecule has 0 atom stereocenters. The quantitative estimate of drug-likeness (QED) is 0.378. The van der Waals surface area contributed by atoms with Gasteiger partial charge in [-0.1, -0.05) is 48.2 Å². The second-order valence-electron chi connectivity index (χ2n) is 5.91. The molecule has 0 aliphatic heterocycles. The number of methoxy groups -OCH3 is 1. The van der Waals surface area contributed by atoms with E-state index in [1.807, 2.05) is 30.3 Å². The lowest BCUT2D eigenvalue weighted by Gasteiger charge is -2.13. The molecule has 0 saturated heterocycles. The number of hydrogen-bond donors (Lipinski definition) is 0. The number of aryl methyl sites for hydroxylation is 1. The predicted octanol–water partition coefficient (Wildman–Crippen LogP) is 3.56.